The summed E-state index contributed by atoms with van der Waals surface area (Å²) in [5, 5.41) is 0. The Bertz CT molecular complexity index is 305. The Morgan fingerprint density at radius 3 is 2.67 bits per heavy atom. The molecule has 0 saturated heterocycles. The van der Waals surface area contributed by atoms with Crippen molar-refractivity contribution in [2.24, 2.45) is 0 Å². The summed E-state index contributed by atoms with van der Waals surface area (Å²) < 4.78 is 12.9. The van der Waals surface area contributed by atoms with Gasteiger partial charge < -0.3 is 0 Å². The molecule has 0 heterocycles. The standard InChI is InChI=1S/C10H11FO/c1-3-8-5-9(6-12)10(11)4-7(8)2/h4-6H,3H2,1-2H3. The van der Waals surface area contributed by atoms with Crippen LogP contribution in [0.5, 0.6) is 0 Å². The fourth-order valence-corrected chi connectivity index (χ4v) is 1.21. The molecule has 0 bridgehead atoms. The average molecular weight is 166 g/mol. The van der Waals surface area contributed by atoms with E-state index in [9.17, 15) is 9.18 Å². The second-order valence-corrected chi connectivity index (χ2v) is 2.77. The summed E-state index contributed by atoms with van der Waals surface area (Å²) in [5.74, 6) is -0.431. The zero-order chi connectivity index (χ0) is 9.14. The van der Waals surface area contributed by atoms with Gasteiger partial charge in [0.2, 0.25) is 0 Å². The minimum absolute atomic E-state index is 0.150. The first kappa shape index (κ1) is 8.91. The third kappa shape index (κ3) is 1.52. The Morgan fingerprint density at radius 1 is 1.50 bits per heavy atom. The van der Waals surface area contributed by atoms with E-state index in [1.165, 1.54) is 6.07 Å². The number of aryl methyl sites for hydroxylation is 2. The maximum absolute atomic E-state index is 12.9. The van der Waals surface area contributed by atoms with Gasteiger partial charge in [-0.3, -0.25) is 4.79 Å². The fraction of sp³-hybridized carbons (Fsp3) is 0.300. The van der Waals surface area contributed by atoms with Gasteiger partial charge in [0.15, 0.2) is 6.29 Å². The van der Waals surface area contributed by atoms with E-state index < -0.39 is 5.82 Å². The summed E-state index contributed by atoms with van der Waals surface area (Å²) in [7, 11) is 0. The molecule has 0 fully saturated rings. The lowest BCUT2D eigenvalue weighted by atomic mass is 10.0. The third-order valence-corrected chi connectivity index (χ3v) is 1.96. The normalized spacial score (nSPS) is 9.92. The number of hydrogen-bond donors (Lipinski definition) is 0. The summed E-state index contributed by atoms with van der Waals surface area (Å²) in [5.41, 5.74) is 2.08. The van der Waals surface area contributed by atoms with Gasteiger partial charge >= 0.3 is 0 Å². The molecule has 64 valence electrons. The van der Waals surface area contributed by atoms with E-state index >= 15 is 0 Å². The predicted octanol–water partition coefficient (Wildman–Crippen LogP) is 2.51. The summed E-state index contributed by atoms with van der Waals surface area (Å²) in [6, 6.07) is 3.01. The lowest BCUT2D eigenvalue weighted by Gasteiger charge is -2.03. The number of aldehydes is 1. The van der Waals surface area contributed by atoms with Crippen LogP contribution >= 0.6 is 0 Å². The maximum atomic E-state index is 12.9. The van der Waals surface area contributed by atoms with Gasteiger partial charge in [0.25, 0.3) is 0 Å². The van der Waals surface area contributed by atoms with Crippen molar-refractivity contribution in [3.05, 3.63) is 34.6 Å². The third-order valence-electron chi connectivity index (χ3n) is 1.96. The molecule has 0 aliphatic heterocycles. The van der Waals surface area contributed by atoms with Crippen LogP contribution in [0.1, 0.15) is 28.4 Å². The van der Waals surface area contributed by atoms with Gasteiger partial charge in [0.05, 0.1) is 5.56 Å². The van der Waals surface area contributed by atoms with Crippen LogP contribution < -0.4 is 0 Å². The second-order valence-electron chi connectivity index (χ2n) is 2.77. The van der Waals surface area contributed by atoms with Gasteiger partial charge in [0, 0.05) is 0 Å². The van der Waals surface area contributed by atoms with Crippen LogP contribution in [-0.4, -0.2) is 6.29 Å². The molecule has 0 saturated carbocycles. The minimum Gasteiger partial charge on any atom is -0.298 e. The number of carbonyl (C=O) groups is 1. The second kappa shape index (κ2) is 3.48. The molecule has 1 aromatic rings. The topological polar surface area (TPSA) is 17.1 Å². The van der Waals surface area contributed by atoms with Gasteiger partial charge in [-0.1, -0.05) is 6.92 Å². The van der Waals surface area contributed by atoms with Crippen molar-refractivity contribution in [3.63, 3.8) is 0 Å². The molecule has 0 aliphatic rings. The van der Waals surface area contributed by atoms with Crippen LogP contribution in [0, 0.1) is 12.7 Å². The van der Waals surface area contributed by atoms with Crippen LogP contribution in [0.2, 0.25) is 0 Å². The van der Waals surface area contributed by atoms with Crippen molar-refractivity contribution in [2.75, 3.05) is 0 Å². The first-order valence-corrected chi connectivity index (χ1v) is 3.93. The highest BCUT2D eigenvalue weighted by molar-refractivity contribution is 5.75. The Balaban J connectivity index is 3.26. The van der Waals surface area contributed by atoms with Crippen molar-refractivity contribution in [1.82, 2.24) is 0 Å². The molecule has 0 atom stereocenters. The Labute approximate surface area is 71.2 Å². The number of hydrogen-bond acceptors (Lipinski definition) is 1. The van der Waals surface area contributed by atoms with Gasteiger partial charge in [-0.25, -0.2) is 4.39 Å². The molecule has 0 aromatic heterocycles. The molecule has 0 aliphatic carbocycles. The summed E-state index contributed by atoms with van der Waals surface area (Å²) in [6.45, 7) is 3.82. The van der Waals surface area contributed by atoms with E-state index in [-0.39, 0.29) is 5.56 Å². The molecule has 1 nitrogen and oxygen atoms in total. The van der Waals surface area contributed by atoms with Crippen molar-refractivity contribution < 1.29 is 9.18 Å². The van der Waals surface area contributed by atoms with E-state index in [0.717, 1.165) is 17.5 Å². The average Bonchev–Trinajstić information content (AvgIpc) is 2.05. The molecule has 12 heavy (non-hydrogen) atoms. The maximum Gasteiger partial charge on any atom is 0.153 e. The van der Waals surface area contributed by atoms with Crippen molar-refractivity contribution in [2.45, 2.75) is 20.3 Å². The summed E-state index contributed by atoms with van der Waals surface area (Å²) >= 11 is 0. The van der Waals surface area contributed by atoms with Crippen molar-refractivity contribution >= 4 is 6.29 Å². The smallest absolute Gasteiger partial charge is 0.153 e. The van der Waals surface area contributed by atoms with E-state index in [4.69, 9.17) is 0 Å². The SMILES string of the molecule is CCc1cc(C=O)c(F)cc1C. The quantitative estimate of drug-likeness (QED) is 0.617. The first-order valence-electron chi connectivity index (χ1n) is 3.93. The minimum atomic E-state index is -0.431. The fourth-order valence-electron chi connectivity index (χ4n) is 1.21. The van der Waals surface area contributed by atoms with Crippen LogP contribution in [0.25, 0.3) is 0 Å². The number of carbonyl (C=O) groups excluding carboxylic acids is 1. The predicted molar refractivity (Wildman–Crippen MR) is 45.9 cm³/mol. The molecule has 0 unspecified atom stereocenters. The van der Waals surface area contributed by atoms with Crippen molar-refractivity contribution in [3.8, 4) is 0 Å². The molecule has 0 N–H and O–H groups in total. The lowest BCUT2D eigenvalue weighted by molar-refractivity contribution is 0.111. The number of rotatable bonds is 2. The highest BCUT2D eigenvalue weighted by atomic mass is 19.1. The zero-order valence-electron chi connectivity index (χ0n) is 7.23. The molecular formula is C10H11FO. The Morgan fingerprint density at radius 2 is 2.17 bits per heavy atom. The van der Waals surface area contributed by atoms with Gasteiger partial charge in [-0.05, 0) is 36.6 Å². The van der Waals surface area contributed by atoms with Crippen molar-refractivity contribution in [1.29, 1.82) is 0 Å². The van der Waals surface area contributed by atoms with Gasteiger partial charge in [0.1, 0.15) is 5.82 Å². The molecule has 0 spiro atoms. The van der Waals surface area contributed by atoms with Crippen LogP contribution in [0.4, 0.5) is 4.39 Å². The number of halogens is 1. The molecule has 0 radical (unpaired) electrons. The highest BCUT2D eigenvalue weighted by Gasteiger charge is 2.04. The molecule has 1 rings (SSSR count). The van der Waals surface area contributed by atoms with E-state index in [1.54, 1.807) is 6.07 Å². The zero-order valence-corrected chi connectivity index (χ0v) is 7.23. The largest absolute Gasteiger partial charge is 0.298 e. The van der Waals surface area contributed by atoms with Gasteiger partial charge in [-0.2, -0.15) is 0 Å². The van der Waals surface area contributed by atoms with Crippen LogP contribution in [0.3, 0.4) is 0 Å². The van der Waals surface area contributed by atoms with E-state index in [0.29, 0.717) is 6.29 Å². The van der Waals surface area contributed by atoms with E-state index in [1.807, 2.05) is 13.8 Å². The Hall–Kier alpha value is -1.18. The molecule has 1 aromatic carbocycles. The monoisotopic (exact) mass is 166 g/mol. The van der Waals surface area contributed by atoms with Gasteiger partial charge in [-0.15, -0.1) is 0 Å². The highest BCUT2D eigenvalue weighted by Crippen LogP contribution is 2.14. The lowest BCUT2D eigenvalue weighted by Crippen LogP contribution is -1.94. The summed E-state index contributed by atoms with van der Waals surface area (Å²) in [4.78, 5) is 10.4. The molecule has 2 heteroatoms. The first-order chi connectivity index (χ1) is 5.69. The van der Waals surface area contributed by atoms with E-state index in [2.05, 4.69) is 0 Å². The molecular weight excluding hydrogens is 155 g/mol. The molecule has 0 amide bonds. The summed E-state index contributed by atoms with van der Waals surface area (Å²) in [6.07, 6.45) is 1.38. The van der Waals surface area contributed by atoms with Crippen LogP contribution in [-0.2, 0) is 6.42 Å². The Kier molecular flexibility index (Phi) is 2.58. The number of benzene rings is 1. The van der Waals surface area contributed by atoms with Crippen LogP contribution in [0.15, 0.2) is 12.1 Å².